The summed E-state index contributed by atoms with van der Waals surface area (Å²) in [6, 6.07) is 3.74. The van der Waals surface area contributed by atoms with Crippen LogP contribution in [0.3, 0.4) is 0 Å². The molecule has 0 aliphatic heterocycles. The third kappa shape index (κ3) is 4.06. The number of carbonyl (C=O) groups is 1. The normalized spacial score (nSPS) is 10.3. The van der Waals surface area contributed by atoms with Crippen LogP contribution in [0.5, 0.6) is 0 Å². The number of amides is 1. The van der Waals surface area contributed by atoms with Crippen molar-refractivity contribution in [1.82, 2.24) is 9.88 Å². The van der Waals surface area contributed by atoms with Crippen molar-refractivity contribution >= 4 is 5.91 Å². The van der Waals surface area contributed by atoms with Gasteiger partial charge < -0.3 is 9.88 Å². The Hall–Kier alpha value is -1.58. The van der Waals surface area contributed by atoms with E-state index in [0.29, 0.717) is 12.1 Å². The molecule has 0 saturated carbocycles. The summed E-state index contributed by atoms with van der Waals surface area (Å²) in [5, 5.41) is 0. The first-order valence-electron chi connectivity index (χ1n) is 5.97. The van der Waals surface area contributed by atoms with Crippen LogP contribution in [0, 0.1) is 0 Å². The van der Waals surface area contributed by atoms with Crippen LogP contribution in [0.4, 0.5) is 0 Å². The number of rotatable bonds is 5. The Morgan fingerprint density at radius 2 is 2.12 bits per heavy atom. The van der Waals surface area contributed by atoms with Gasteiger partial charge in [0.25, 0.3) is 5.56 Å². The van der Waals surface area contributed by atoms with Crippen LogP contribution in [0.1, 0.15) is 37.9 Å². The quantitative estimate of drug-likeness (QED) is 0.846. The predicted octanol–water partition coefficient (Wildman–Crippen LogP) is 1.70. The Balaban J connectivity index is 2.76. The van der Waals surface area contributed by atoms with Crippen molar-refractivity contribution in [2.45, 2.75) is 39.7 Å². The van der Waals surface area contributed by atoms with Crippen molar-refractivity contribution < 1.29 is 4.79 Å². The van der Waals surface area contributed by atoms with Crippen LogP contribution in [-0.2, 0) is 17.8 Å². The lowest BCUT2D eigenvalue weighted by Gasteiger charge is -2.14. The lowest BCUT2D eigenvalue weighted by Crippen LogP contribution is -2.27. The van der Waals surface area contributed by atoms with Crippen molar-refractivity contribution in [1.29, 1.82) is 0 Å². The fourth-order valence-electron chi connectivity index (χ4n) is 1.55. The molecule has 0 aliphatic rings. The maximum atomic E-state index is 11.8. The van der Waals surface area contributed by atoms with Crippen LogP contribution in [0.2, 0.25) is 0 Å². The zero-order chi connectivity index (χ0) is 12.8. The Morgan fingerprint density at radius 3 is 2.65 bits per heavy atom. The van der Waals surface area contributed by atoms with Crippen LogP contribution in [-0.4, -0.2) is 22.8 Å². The molecule has 0 radical (unpaired) electrons. The molecule has 17 heavy (non-hydrogen) atoms. The predicted molar refractivity (Wildman–Crippen MR) is 67.8 cm³/mol. The molecule has 4 nitrogen and oxygen atoms in total. The average Bonchev–Trinajstić information content (AvgIpc) is 2.29. The zero-order valence-electron chi connectivity index (χ0n) is 10.7. The first-order valence-corrected chi connectivity index (χ1v) is 5.97. The summed E-state index contributed by atoms with van der Waals surface area (Å²) in [6.07, 6.45) is 3.08. The molecule has 1 aromatic heterocycles. The molecule has 0 aromatic carbocycles. The van der Waals surface area contributed by atoms with Crippen LogP contribution in [0.25, 0.3) is 0 Å². The third-order valence-corrected chi connectivity index (χ3v) is 2.80. The van der Waals surface area contributed by atoms with Gasteiger partial charge in [0, 0.05) is 25.2 Å². The number of unbranched alkanes of at least 4 members (excludes halogenated alkanes) is 1. The maximum absolute atomic E-state index is 11.8. The molecular formula is C13H20N2O2. The second-order valence-corrected chi connectivity index (χ2v) is 4.32. The molecule has 0 bridgehead atoms. The van der Waals surface area contributed by atoms with Crippen LogP contribution >= 0.6 is 0 Å². The molecule has 4 heteroatoms. The topological polar surface area (TPSA) is 53.2 Å². The highest BCUT2D eigenvalue weighted by molar-refractivity contribution is 5.72. The van der Waals surface area contributed by atoms with Crippen molar-refractivity contribution in [3.05, 3.63) is 33.7 Å². The number of aryl methyl sites for hydroxylation is 1. The Kier molecular flexibility index (Phi) is 4.94. The van der Waals surface area contributed by atoms with E-state index in [2.05, 4.69) is 11.9 Å². The minimum atomic E-state index is -0.0910. The van der Waals surface area contributed by atoms with Gasteiger partial charge >= 0.3 is 0 Å². The molecular weight excluding hydrogens is 216 g/mol. The molecule has 0 spiro atoms. The fourth-order valence-corrected chi connectivity index (χ4v) is 1.55. The second-order valence-electron chi connectivity index (χ2n) is 4.32. The third-order valence-electron chi connectivity index (χ3n) is 2.80. The highest BCUT2D eigenvalue weighted by Crippen LogP contribution is 2.02. The standard InChI is InChI=1S/C13H20N2O2/c1-4-5-6-12-8-7-11(13(17)14-12)9-15(3)10(2)16/h7-8H,4-6,9H2,1-3H3,(H,14,17). The Labute approximate surface area is 102 Å². The number of pyridine rings is 1. The molecule has 0 saturated heterocycles. The van der Waals surface area contributed by atoms with E-state index in [-0.39, 0.29) is 11.5 Å². The van der Waals surface area contributed by atoms with Gasteiger partial charge in [-0.3, -0.25) is 9.59 Å². The highest BCUT2D eigenvalue weighted by atomic mass is 16.2. The van der Waals surface area contributed by atoms with Gasteiger partial charge in [-0.25, -0.2) is 0 Å². The number of aromatic amines is 1. The maximum Gasteiger partial charge on any atom is 0.253 e. The zero-order valence-corrected chi connectivity index (χ0v) is 10.7. The van der Waals surface area contributed by atoms with Gasteiger partial charge in [0.1, 0.15) is 0 Å². The number of nitrogens with zero attached hydrogens (tertiary/aromatic N) is 1. The fraction of sp³-hybridized carbons (Fsp3) is 0.538. The van der Waals surface area contributed by atoms with Gasteiger partial charge in [-0.15, -0.1) is 0 Å². The lowest BCUT2D eigenvalue weighted by atomic mass is 10.1. The van der Waals surface area contributed by atoms with Crippen LogP contribution < -0.4 is 5.56 Å². The first kappa shape index (κ1) is 13.5. The molecule has 0 aliphatic carbocycles. The summed E-state index contributed by atoms with van der Waals surface area (Å²) in [5.74, 6) is -0.0422. The van der Waals surface area contributed by atoms with Crippen molar-refractivity contribution in [3.8, 4) is 0 Å². The number of hydrogen-bond acceptors (Lipinski definition) is 2. The largest absolute Gasteiger partial charge is 0.341 e. The number of nitrogens with one attached hydrogen (secondary N) is 1. The van der Waals surface area contributed by atoms with Gasteiger partial charge in [0.2, 0.25) is 5.91 Å². The van der Waals surface area contributed by atoms with Crippen molar-refractivity contribution in [3.63, 3.8) is 0 Å². The van der Waals surface area contributed by atoms with E-state index in [1.807, 2.05) is 12.1 Å². The molecule has 0 unspecified atom stereocenters. The van der Waals surface area contributed by atoms with Gasteiger partial charge in [0.05, 0.1) is 6.54 Å². The van der Waals surface area contributed by atoms with E-state index < -0.39 is 0 Å². The Bertz CT molecular complexity index is 437. The van der Waals surface area contributed by atoms with E-state index in [9.17, 15) is 9.59 Å². The monoisotopic (exact) mass is 236 g/mol. The van der Waals surface area contributed by atoms with Crippen molar-refractivity contribution in [2.24, 2.45) is 0 Å². The van der Waals surface area contributed by atoms with E-state index in [1.165, 1.54) is 11.8 Å². The summed E-state index contributed by atoms with van der Waals surface area (Å²) < 4.78 is 0. The molecule has 94 valence electrons. The molecule has 1 N–H and O–H groups in total. The summed E-state index contributed by atoms with van der Waals surface area (Å²) in [5.41, 5.74) is 1.50. The molecule has 1 aromatic rings. The lowest BCUT2D eigenvalue weighted by molar-refractivity contribution is -0.128. The van der Waals surface area contributed by atoms with E-state index in [1.54, 1.807) is 7.05 Å². The number of H-pyrrole nitrogens is 1. The van der Waals surface area contributed by atoms with E-state index in [4.69, 9.17) is 0 Å². The smallest absolute Gasteiger partial charge is 0.253 e. The van der Waals surface area contributed by atoms with E-state index >= 15 is 0 Å². The SMILES string of the molecule is CCCCc1ccc(CN(C)C(C)=O)c(=O)[nH]1. The highest BCUT2D eigenvalue weighted by Gasteiger charge is 2.07. The summed E-state index contributed by atoms with van der Waals surface area (Å²) in [4.78, 5) is 27.2. The summed E-state index contributed by atoms with van der Waals surface area (Å²) >= 11 is 0. The number of carbonyl (C=O) groups excluding carboxylic acids is 1. The molecule has 0 atom stereocenters. The van der Waals surface area contributed by atoms with Gasteiger partial charge in [-0.05, 0) is 18.9 Å². The number of aromatic nitrogens is 1. The molecule has 1 heterocycles. The van der Waals surface area contributed by atoms with Crippen LogP contribution in [0.15, 0.2) is 16.9 Å². The number of hydrogen-bond donors (Lipinski definition) is 1. The van der Waals surface area contributed by atoms with E-state index in [0.717, 1.165) is 25.0 Å². The van der Waals surface area contributed by atoms with Gasteiger partial charge in [-0.1, -0.05) is 19.4 Å². The minimum absolute atomic E-state index is 0.0422. The average molecular weight is 236 g/mol. The summed E-state index contributed by atoms with van der Waals surface area (Å²) in [7, 11) is 1.69. The first-order chi connectivity index (χ1) is 8.04. The second kappa shape index (κ2) is 6.23. The molecule has 1 rings (SSSR count). The summed E-state index contributed by atoms with van der Waals surface area (Å²) in [6.45, 7) is 3.97. The van der Waals surface area contributed by atoms with Crippen molar-refractivity contribution in [2.75, 3.05) is 7.05 Å². The Morgan fingerprint density at radius 1 is 1.41 bits per heavy atom. The molecule has 1 amide bonds. The van der Waals surface area contributed by atoms with Gasteiger partial charge in [0.15, 0.2) is 0 Å². The van der Waals surface area contributed by atoms with Gasteiger partial charge in [-0.2, -0.15) is 0 Å². The minimum Gasteiger partial charge on any atom is -0.341 e. The molecule has 0 fully saturated rings.